The first-order valence-corrected chi connectivity index (χ1v) is 7.34. The van der Waals surface area contributed by atoms with E-state index in [2.05, 4.69) is 25.2 Å². The van der Waals surface area contributed by atoms with Crippen LogP contribution in [0.1, 0.15) is 26.2 Å². The highest BCUT2D eigenvalue weighted by Gasteiger charge is 2.19. The summed E-state index contributed by atoms with van der Waals surface area (Å²) in [6.07, 6.45) is 0.721. The molecule has 0 saturated carbocycles. The number of anilines is 3. The number of rotatable bonds is 7. The Balaban J connectivity index is 2.22. The van der Waals surface area contributed by atoms with Gasteiger partial charge in [-0.15, -0.1) is 0 Å². The van der Waals surface area contributed by atoms with E-state index in [9.17, 15) is 8.78 Å². The predicted molar refractivity (Wildman–Crippen MR) is 79.3 cm³/mol. The van der Waals surface area contributed by atoms with Gasteiger partial charge >= 0.3 is 0 Å². The summed E-state index contributed by atoms with van der Waals surface area (Å²) < 4.78 is 25.1. The molecule has 1 saturated heterocycles. The highest BCUT2D eigenvalue weighted by atomic mass is 19.3. The Morgan fingerprint density at radius 2 is 1.95 bits per heavy atom. The fourth-order valence-electron chi connectivity index (χ4n) is 2.19. The van der Waals surface area contributed by atoms with Gasteiger partial charge < -0.3 is 15.1 Å². The number of nitrogens with zero attached hydrogens (tertiary/aromatic N) is 5. The second-order valence-electron chi connectivity index (χ2n) is 5.15. The Morgan fingerprint density at radius 3 is 2.57 bits per heavy atom. The molecule has 0 radical (unpaired) electrons. The summed E-state index contributed by atoms with van der Waals surface area (Å²) in [5, 5.41) is 3.10. The van der Waals surface area contributed by atoms with E-state index in [4.69, 9.17) is 0 Å². The molecule has 0 bridgehead atoms. The quantitative estimate of drug-likeness (QED) is 0.831. The van der Waals surface area contributed by atoms with Crippen molar-refractivity contribution in [3.63, 3.8) is 0 Å². The number of alkyl halides is 2. The van der Waals surface area contributed by atoms with E-state index in [1.54, 1.807) is 7.05 Å². The molecule has 0 amide bonds. The van der Waals surface area contributed by atoms with Crippen molar-refractivity contribution in [1.82, 2.24) is 15.0 Å². The van der Waals surface area contributed by atoms with E-state index < -0.39 is 13.0 Å². The molecule has 0 spiro atoms. The summed E-state index contributed by atoms with van der Waals surface area (Å²) in [5.74, 6) is 1.30. The van der Waals surface area contributed by atoms with Gasteiger partial charge in [-0.25, -0.2) is 8.78 Å². The molecule has 0 atom stereocenters. The van der Waals surface area contributed by atoms with E-state index in [1.807, 2.05) is 6.92 Å². The van der Waals surface area contributed by atoms with Crippen molar-refractivity contribution in [3.05, 3.63) is 0 Å². The van der Waals surface area contributed by atoms with Crippen LogP contribution in [0.2, 0.25) is 0 Å². The Kier molecular flexibility index (Phi) is 5.46. The minimum atomic E-state index is -2.42. The Labute approximate surface area is 123 Å². The van der Waals surface area contributed by atoms with Crippen LogP contribution in [0.5, 0.6) is 0 Å². The lowest BCUT2D eigenvalue weighted by Crippen LogP contribution is -2.28. The molecule has 2 rings (SSSR count). The van der Waals surface area contributed by atoms with Gasteiger partial charge in [-0.3, -0.25) is 0 Å². The third-order valence-corrected chi connectivity index (χ3v) is 3.29. The van der Waals surface area contributed by atoms with Gasteiger partial charge in [0.15, 0.2) is 0 Å². The Hall–Kier alpha value is -1.73. The first kappa shape index (κ1) is 15.7. The van der Waals surface area contributed by atoms with Crippen LogP contribution < -0.4 is 15.1 Å². The van der Waals surface area contributed by atoms with Crippen molar-refractivity contribution in [1.29, 1.82) is 0 Å². The first-order valence-electron chi connectivity index (χ1n) is 7.34. The number of hydrogen-bond donors (Lipinski definition) is 1. The van der Waals surface area contributed by atoms with Crippen LogP contribution in [0, 0.1) is 0 Å². The smallest absolute Gasteiger partial charge is 0.255 e. The van der Waals surface area contributed by atoms with Crippen LogP contribution in [0.15, 0.2) is 0 Å². The summed E-state index contributed by atoms with van der Waals surface area (Å²) >= 11 is 0. The third-order valence-electron chi connectivity index (χ3n) is 3.29. The van der Waals surface area contributed by atoms with Gasteiger partial charge in [0, 0.05) is 26.7 Å². The van der Waals surface area contributed by atoms with Crippen molar-refractivity contribution in [2.75, 3.05) is 48.3 Å². The maximum absolute atomic E-state index is 12.5. The summed E-state index contributed by atoms with van der Waals surface area (Å²) in [4.78, 5) is 16.4. The third kappa shape index (κ3) is 4.37. The molecule has 1 N–H and O–H groups in total. The van der Waals surface area contributed by atoms with Crippen molar-refractivity contribution in [2.45, 2.75) is 32.6 Å². The van der Waals surface area contributed by atoms with E-state index in [-0.39, 0.29) is 5.95 Å². The lowest BCUT2D eigenvalue weighted by atomic mass is 10.4. The molecule has 0 aliphatic carbocycles. The zero-order chi connectivity index (χ0) is 15.2. The van der Waals surface area contributed by atoms with E-state index >= 15 is 0 Å². The average Bonchev–Trinajstić information content (AvgIpc) is 2.98. The molecule has 2 heterocycles. The number of halogens is 2. The lowest BCUT2D eigenvalue weighted by molar-refractivity contribution is 0.156. The summed E-state index contributed by atoms with van der Waals surface area (Å²) in [5.41, 5.74) is 0. The van der Waals surface area contributed by atoms with Gasteiger partial charge in [0.05, 0.1) is 6.54 Å². The maximum Gasteiger partial charge on any atom is 0.255 e. The molecule has 0 unspecified atom stereocenters. The van der Waals surface area contributed by atoms with Crippen molar-refractivity contribution < 1.29 is 8.78 Å². The maximum atomic E-state index is 12.5. The molecular formula is C13H22F2N6. The molecule has 1 aromatic rings. The van der Waals surface area contributed by atoms with Crippen LogP contribution in [0.3, 0.4) is 0 Å². The minimum Gasteiger partial charge on any atom is -0.354 e. The molecule has 1 fully saturated rings. The average molecular weight is 300 g/mol. The first-order chi connectivity index (χ1) is 10.1. The number of hydrogen-bond acceptors (Lipinski definition) is 6. The minimum absolute atomic E-state index is 0.283. The zero-order valence-electron chi connectivity index (χ0n) is 12.5. The number of aromatic nitrogens is 3. The van der Waals surface area contributed by atoms with Gasteiger partial charge in [-0.1, -0.05) is 6.92 Å². The van der Waals surface area contributed by atoms with Gasteiger partial charge in [-0.05, 0) is 19.3 Å². The second kappa shape index (κ2) is 7.33. The van der Waals surface area contributed by atoms with E-state index in [0.717, 1.165) is 38.9 Å². The van der Waals surface area contributed by atoms with Crippen LogP contribution in [0.25, 0.3) is 0 Å². The van der Waals surface area contributed by atoms with Crippen LogP contribution in [0.4, 0.5) is 26.6 Å². The van der Waals surface area contributed by atoms with Crippen molar-refractivity contribution in [2.24, 2.45) is 0 Å². The highest BCUT2D eigenvalue weighted by molar-refractivity contribution is 5.45. The SMILES string of the molecule is CCCNc1nc(N(C)CC(F)F)nc(N2CCCC2)n1. The van der Waals surface area contributed by atoms with E-state index in [0.29, 0.717) is 11.9 Å². The summed E-state index contributed by atoms with van der Waals surface area (Å²) in [7, 11) is 1.57. The van der Waals surface area contributed by atoms with Crippen molar-refractivity contribution >= 4 is 17.8 Å². The highest BCUT2D eigenvalue weighted by Crippen LogP contribution is 2.20. The molecule has 1 aromatic heterocycles. The van der Waals surface area contributed by atoms with E-state index in [1.165, 1.54) is 4.90 Å². The molecule has 118 valence electrons. The predicted octanol–water partition coefficient (Wildman–Crippen LogP) is 1.99. The normalized spacial score (nSPS) is 14.8. The Morgan fingerprint density at radius 1 is 1.24 bits per heavy atom. The van der Waals surface area contributed by atoms with Crippen LogP contribution in [-0.4, -0.2) is 54.6 Å². The summed E-state index contributed by atoms with van der Waals surface area (Å²) in [6.45, 7) is 4.18. The topological polar surface area (TPSA) is 57.2 Å². The number of nitrogens with one attached hydrogen (secondary N) is 1. The molecular weight excluding hydrogens is 278 g/mol. The summed E-state index contributed by atoms with van der Waals surface area (Å²) in [6, 6.07) is 0. The molecule has 1 aliphatic heterocycles. The molecule has 8 heteroatoms. The molecule has 21 heavy (non-hydrogen) atoms. The second-order valence-corrected chi connectivity index (χ2v) is 5.15. The standard InChI is InChI=1S/C13H22F2N6/c1-3-6-16-11-17-12(20(2)9-10(14)15)19-13(18-11)21-7-4-5-8-21/h10H,3-9H2,1-2H3,(H,16,17,18,19). The van der Waals surface area contributed by atoms with Gasteiger partial charge in [0.2, 0.25) is 17.8 Å². The molecule has 0 aromatic carbocycles. The van der Waals surface area contributed by atoms with Gasteiger partial charge in [-0.2, -0.15) is 15.0 Å². The fourth-order valence-corrected chi connectivity index (χ4v) is 2.19. The van der Waals surface area contributed by atoms with Gasteiger partial charge in [0.1, 0.15) is 0 Å². The van der Waals surface area contributed by atoms with Crippen LogP contribution >= 0.6 is 0 Å². The fraction of sp³-hybridized carbons (Fsp3) is 0.769. The molecule has 6 nitrogen and oxygen atoms in total. The molecule has 1 aliphatic rings. The lowest BCUT2D eigenvalue weighted by Gasteiger charge is -2.21. The van der Waals surface area contributed by atoms with Crippen LogP contribution in [-0.2, 0) is 0 Å². The monoisotopic (exact) mass is 300 g/mol. The zero-order valence-corrected chi connectivity index (χ0v) is 12.5. The van der Waals surface area contributed by atoms with Crippen molar-refractivity contribution in [3.8, 4) is 0 Å². The van der Waals surface area contributed by atoms with Gasteiger partial charge in [0.25, 0.3) is 6.43 Å². The Bertz CT molecular complexity index is 450. The largest absolute Gasteiger partial charge is 0.354 e.